The van der Waals surface area contributed by atoms with Gasteiger partial charge in [-0.3, -0.25) is 4.79 Å². The molecule has 2 aromatic rings. The summed E-state index contributed by atoms with van der Waals surface area (Å²) in [7, 11) is 0. The summed E-state index contributed by atoms with van der Waals surface area (Å²) in [5.74, 6) is -0.816. The fourth-order valence-electron chi connectivity index (χ4n) is 1.66. The predicted octanol–water partition coefficient (Wildman–Crippen LogP) is 2.06. The summed E-state index contributed by atoms with van der Waals surface area (Å²) in [5.41, 5.74) is 14.4. The fourth-order valence-corrected chi connectivity index (χ4v) is 2.36. The Labute approximate surface area is 152 Å². The van der Waals surface area contributed by atoms with Gasteiger partial charge in [0.1, 0.15) is 6.34 Å². The normalized spacial score (nSPS) is 10.8. The number of rotatable bonds is 5. The van der Waals surface area contributed by atoms with Crippen LogP contribution in [0.1, 0.15) is 16.1 Å². The molecule has 0 aliphatic rings. The van der Waals surface area contributed by atoms with E-state index in [0.29, 0.717) is 16.6 Å². The Bertz CT molecular complexity index is 777. The Balaban J connectivity index is 1.90. The average molecular weight is 389 g/mol. The van der Waals surface area contributed by atoms with E-state index in [4.69, 9.17) is 46.3 Å². The van der Waals surface area contributed by atoms with E-state index in [2.05, 4.69) is 25.8 Å². The van der Waals surface area contributed by atoms with Crippen molar-refractivity contribution in [2.75, 3.05) is 11.5 Å². The van der Waals surface area contributed by atoms with Crippen LogP contribution in [0.25, 0.3) is 0 Å². The van der Waals surface area contributed by atoms with E-state index >= 15 is 0 Å². The number of halogens is 3. The molecule has 0 aliphatic carbocycles. The van der Waals surface area contributed by atoms with Crippen molar-refractivity contribution >= 4 is 58.7 Å². The minimum atomic E-state index is -0.627. The van der Waals surface area contributed by atoms with Gasteiger partial charge in [0.2, 0.25) is 0 Å². The Morgan fingerprint density at radius 3 is 2.46 bits per heavy atom. The van der Waals surface area contributed by atoms with E-state index in [1.54, 1.807) is 18.2 Å². The number of hydrogen-bond donors (Lipinski definition) is 4. The molecule has 0 radical (unpaired) electrons. The van der Waals surface area contributed by atoms with Crippen LogP contribution in [0.15, 0.2) is 23.3 Å². The molecule has 8 nitrogen and oxygen atoms in total. The molecule has 1 heterocycles. The van der Waals surface area contributed by atoms with Crippen LogP contribution in [-0.2, 0) is 6.54 Å². The first-order valence-corrected chi connectivity index (χ1v) is 7.59. The van der Waals surface area contributed by atoms with E-state index in [0.717, 1.165) is 11.9 Å². The average Bonchev–Trinajstić information content (AvgIpc) is 2.49. The van der Waals surface area contributed by atoms with Crippen LogP contribution < -0.4 is 22.2 Å². The molecule has 0 spiro atoms. The Morgan fingerprint density at radius 1 is 1.12 bits per heavy atom. The third-order valence-electron chi connectivity index (χ3n) is 2.68. The fraction of sp³-hybridized carbons (Fsp3) is 0.0769. The van der Waals surface area contributed by atoms with Crippen LogP contribution in [0.3, 0.4) is 0 Å². The third kappa shape index (κ3) is 4.85. The summed E-state index contributed by atoms with van der Waals surface area (Å²) in [6.07, 6.45) is 1.14. The van der Waals surface area contributed by atoms with E-state index in [9.17, 15) is 4.79 Å². The van der Waals surface area contributed by atoms with Gasteiger partial charge >= 0.3 is 0 Å². The highest BCUT2D eigenvalue weighted by Crippen LogP contribution is 2.19. The van der Waals surface area contributed by atoms with Crippen molar-refractivity contribution in [1.82, 2.24) is 20.7 Å². The first-order chi connectivity index (χ1) is 11.4. The zero-order chi connectivity index (χ0) is 17.7. The van der Waals surface area contributed by atoms with Crippen molar-refractivity contribution < 1.29 is 4.79 Å². The molecule has 24 heavy (non-hydrogen) atoms. The maximum Gasteiger partial charge on any atom is 0.278 e. The van der Waals surface area contributed by atoms with Crippen LogP contribution >= 0.6 is 34.8 Å². The van der Waals surface area contributed by atoms with E-state index in [1.165, 1.54) is 0 Å². The highest BCUT2D eigenvalue weighted by molar-refractivity contribution is 6.34. The quantitative estimate of drug-likeness (QED) is 0.352. The van der Waals surface area contributed by atoms with Gasteiger partial charge in [-0.25, -0.2) is 9.97 Å². The second-order valence-electron chi connectivity index (χ2n) is 4.48. The minimum absolute atomic E-state index is 0.0544. The molecule has 2 rings (SSSR count). The second kappa shape index (κ2) is 8.00. The molecule has 0 atom stereocenters. The lowest BCUT2D eigenvalue weighted by molar-refractivity contribution is 0.0974. The number of carbonyl (C=O) groups excluding carboxylic acids is 1. The smallest absolute Gasteiger partial charge is 0.278 e. The molecule has 0 aliphatic heterocycles. The molecule has 1 aromatic carbocycles. The lowest BCUT2D eigenvalue weighted by atomic mass is 10.2. The summed E-state index contributed by atoms with van der Waals surface area (Å²) in [6, 6.07) is 5.10. The van der Waals surface area contributed by atoms with Crippen LogP contribution in [-0.4, -0.2) is 22.2 Å². The summed E-state index contributed by atoms with van der Waals surface area (Å²) in [6.45, 7) is 0.363. The van der Waals surface area contributed by atoms with Gasteiger partial charge in [-0.1, -0.05) is 34.8 Å². The molecule has 0 unspecified atom stereocenters. The molecule has 11 heteroatoms. The predicted molar refractivity (Wildman–Crippen MR) is 95.1 cm³/mol. The molecular weight excluding hydrogens is 377 g/mol. The van der Waals surface area contributed by atoms with Crippen LogP contribution in [0.2, 0.25) is 15.2 Å². The molecular formula is C13H12Cl3N7O. The van der Waals surface area contributed by atoms with Crippen molar-refractivity contribution in [3.63, 3.8) is 0 Å². The van der Waals surface area contributed by atoms with Gasteiger partial charge in [0.25, 0.3) is 5.91 Å². The summed E-state index contributed by atoms with van der Waals surface area (Å²) in [5, 5.41) is 7.12. The number of hydrogen-bond acceptors (Lipinski definition) is 7. The van der Waals surface area contributed by atoms with Crippen LogP contribution in [0.5, 0.6) is 0 Å². The maximum absolute atomic E-state index is 11.9. The monoisotopic (exact) mass is 387 g/mol. The lowest BCUT2D eigenvalue weighted by Gasteiger charge is -2.05. The van der Waals surface area contributed by atoms with Crippen LogP contribution in [0, 0.1) is 0 Å². The number of amides is 1. The van der Waals surface area contributed by atoms with Crippen molar-refractivity contribution in [2.45, 2.75) is 6.54 Å². The zero-order valence-corrected chi connectivity index (χ0v) is 14.3. The minimum Gasteiger partial charge on any atom is -0.382 e. The Morgan fingerprint density at radius 2 is 1.79 bits per heavy atom. The van der Waals surface area contributed by atoms with E-state index < -0.39 is 5.91 Å². The second-order valence-corrected chi connectivity index (χ2v) is 5.71. The molecule has 1 aromatic heterocycles. The lowest BCUT2D eigenvalue weighted by Crippen LogP contribution is -2.26. The van der Waals surface area contributed by atoms with Gasteiger partial charge in [0.05, 0.1) is 6.54 Å². The standard InChI is InChI=1S/C13H12Cl3N7O/c14-7-1-6(2-8(15)3-7)4-20-21-5-19-13(24)9-11(17)23-12(18)10(16)22-9/h1-3,5,20H,4H2,(H4,17,18,23)(H,19,21,24). The van der Waals surface area contributed by atoms with Crippen molar-refractivity contribution in [3.8, 4) is 0 Å². The Hall–Kier alpha value is -2.29. The molecule has 0 fully saturated rings. The van der Waals surface area contributed by atoms with E-state index in [1.807, 2.05) is 0 Å². The van der Waals surface area contributed by atoms with Gasteiger partial charge in [-0.2, -0.15) is 5.10 Å². The molecule has 6 N–H and O–H groups in total. The summed E-state index contributed by atoms with van der Waals surface area (Å²) in [4.78, 5) is 19.4. The highest BCUT2D eigenvalue weighted by Gasteiger charge is 2.14. The topological polar surface area (TPSA) is 131 Å². The molecule has 0 bridgehead atoms. The van der Waals surface area contributed by atoms with Crippen molar-refractivity contribution in [1.29, 1.82) is 0 Å². The number of nitrogen functional groups attached to an aromatic ring is 2. The highest BCUT2D eigenvalue weighted by atomic mass is 35.5. The van der Waals surface area contributed by atoms with Crippen molar-refractivity contribution in [3.05, 3.63) is 44.7 Å². The summed E-state index contributed by atoms with van der Waals surface area (Å²) >= 11 is 17.5. The molecule has 0 saturated heterocycles. The maximum atomic E-state index is 11.9. The number of anilines is 2. The SMILES string of the molecule is Nc1nc(N)c(C(=O)N/C=N/NCc2cc(Cl)cc(Cl)c2)nc1Cl. The van der Waals surface area contributed by atoms with Gasteiger partial charge in [-0.15, -0.1) is 0 Å². The number of nitrogens with one attached hydrogen (secondary N) is 2. The summed E-state index contributed by atoms with van der Waals surface area (Å²) < 4.78 is 0. The first-order valence-electron chi connectivity index (χ1n) is 6.45. The van der Waals surface area contributed by atoms with Gasteiger partial charge in [0.15, 0.2) is 22.5 Å². The molecule has 1 amide bonds. The zero-order valence-electron chi connectivity index (χ0n) is 12.1. The van der Waals surface area contributed by atoms with Gasteiger partial charge in [0, 0.05) is 10.0 Å². The number of nitrogens with two attached hydrogens (primary N) is 2. The third-order valence-corrected chi connectivity index (χ3v) is 3.39. The Kier molecular flexibility index (Phi) is 6.02. The van der Waals surface area contributed by atoms with Crippen molar-refractivity contribution in [2.24, 2.45) is 5.10 Å². The van der Waals surface area contributed by atoms with Crippen LogP contribution in [0.4, 0.5) is 11.6 Å². The number of benzene rings is 1. The van der Waals surface area contributed by atoms with Gasteiger partial charge < -0.3 is 22.2 Å². The number of aromatic nitrogens is 2. The largest absolute Gasteiger partial charge is 0.382 e. The number of nitrogens with zero attached hydrogens (tertiary/aromatic N) is 3. The van der Waals surface area contributed by atoms with Gasteiger partial charge in [-0.05, 0) is 23.8 Å². The number of hydrazone groups is 1. The number of carbonyl (C=O) groups is 1. The van der Waals surface area contributed by atoms with E-state index in [-0.39, 0.29) is 22.5 Å². The molecule has 126 valence electrons. The first kappa shape index (κ1) is 18.1. The molecule has 0 saturated carbocycles.